The molecule has 0 spiro atoms. The van der Waals surface area contributed by atoms with Crippen LogP contribution >= 0.6 is 0 Å². The molecule has 0 radical (unpaired) electrons. The SMILES string of the molecule is O=c1nc2c(ncn2[C@@H]2O[C@H](CO)[C@@H](O)[C@H]2O)c(NC2CCCCCC2)[nH]1. The van der Waals surface area contributed by atoms with Crippen molar-refractivity contribution in [1.29, 1.82) is 0 Å². The van der Waals surface area contributed by atoms with Crippen LogP contribution in [-0.2, 0) is 4.74 Å². The number of H-pyrrole nitrogens is 1. The van der Waals surface area contributed by atoms with Crippen LogP contribution in [0.15, 0.2) is 11.1 Å². The molecule has 27 heavy (non-hydrogen) atoms. The average molecular weight is 379 g/mol. The van der Waals surface area contributed by atoms with Crippen LogP contribution in [0.3, 0.4) is 0 Å². The van der Waals surface area contributed by atoms with Crippen LogP contribution in [0.5, 0.6) is 0 Å². The topological polar surface area (TPSA) is 146 Å². The lowest BCUT2D eigenvalue weighted by molar-refractivity contribution is -0.0511. The van der Waals surface area contributed by atoms with E-state index in [1.165, 1.54) is 23.7 Å². The molecule has 2 aromatic rings. The maximum absolute atomic E-state index is 12.1. The van der Waals surface area contributed by atoms with E-state index in [2.05, 4.69) is 20.3 Å². The van der Waals surface area contributed by atoms with Gasteiger partial charge in [0, 0.05) is 6.04 Å². The zero-order valence-electron chi connectivity index (χ0n) is 14.9. The third-order valence-electron chi connectivity index (χ3n) is 5.44. The lowest BCUT2D eigenvalue weighted by Crippen LogP contribution is -2.33. The second kappa shape index (κ2) is 7.55. The second-order valence-corrected chi connectivity index (χ2v) is 7.30. The van der Waals surface area contributed by atoms with Gasteiger partial charge in [0.1, 0.15) is 29.6 Å². The van der Waals surface area contributed by atoms with Crippen LogP contribution in [0.25, 0.3) is 11.2 Å². The predicted molar refractivity (Wildman–Crippen MR) is 96.3 cm³/mol. The van der Waals surface area contributed by atoms with Gasteiger partial charge in [-0.3, -0.25) is 9.55 Å². The first-order valence-corrected chi connectivity index (χ1v) is 9.44. The molecule has 1 saturated carbocycles. The fourth-order valence-corrected chi connectivity index (χ4v) is 3.96. The van der Waals surface area contributed by atoms with Crippen LogP contribution in [-0.4, -0.2) is 65.8 Å². The largest absolute Gasteiger partial charge is 0.394 e. The standard InChI is InChI=1S/C17H25N5O5/c23-7-10-12(24)13(25)16(27-10)22-8-18-11-14(20-17(26)21-15(11)22)19-9-5-3-1-2-4-6-9/h8-10,12-13,16,23-25H,1-7H2,(H2,19,20,21,26)/t10-,12-,13-,16-/m1/s1. The second-order valence-electron chi connectivity index (χ2n) is 7.30. The fourth-order valence-electron chi connectivity index (χ4n) is 3.96. The Labute approximate surface area is 155 Å². The number of aromatic nitrogens is 4. The highest BCUT2D eigenvalue weighted by Gasteiger charge is 2.44. The van der Waals surface area contributed by atoms with E-state index in [1.807, 2.05) is 0 Å². The first kappa shape index (κ1) is 18.4. The molecule has 2 aromatic heterocycles. The van der Waals surface area contributed by atoms with Gasteiger partial charge in [0.05, 0.1) is 12.9 Å². The van der Waals surface area contributed by atoms with Gasteiger partial charge < -0.3 is 25.4 Å². The lowest BCUT2D eigenvalue weighted by atomic mass is 10.1. The minimum atomic E-state index is -1.26. The van der Waals surface area contributed by atoms with Crippen molar-refractivity contribution in [2.45, 2.75) is 69.1 Å². The third-order valence-corrected chi connectivity index (χ3v) is 5.44. The number of fused-ring (bicyclic) bond motifs is 1. The zero-order valence-corrected chi connectivity index (χ0v) is 14.9. The van der Waals surface area contributed by atoms with Crippen molar-refractivity contribution < 1.29 is 20.1 Å². The summed E-state index contributed by atoms with van der Waals surface area (Å²) >= 11 is 0. The number of hydrogen-bond donors (Lipinski definition) is 5. The highest BCUT2D eigenvalue weighted by Crippen LogP contribution is 2.32. The first-order chi connectivity index (χ1) is 13.1. The van der Waals surface area contributed by atoms with Gasteiger partial charge in [-0.15, -0.1) is 0 Å². The third kappa shape index (κ3) is 3.45. The average Bonchev–Trinajstić information content (AvgIpc) is 3.06. The lowest BCUT2D eigenvalue weighted by Gasteiger charge is -2.18. The molecular weight excluding hydrogens is 354 g/mol. The smallest absolute Gasteiger partial charge is 0.348 e. The molecule has 10 heteroatoms. The van der Waals surface area contributed by atoms with Crippen molar-refractivity contribution in [1.82, 2.24) is 19.5 Å². The first-order valence-electron chi connectivity index (χ1n) is 9.44. The molecule has 1 aliphatic heterocycles. The summed E-state index contributed by atoms with van der Waals surface area (Å²) in [4.78, 5) is 23.1. The summed E-state index contributed by atoms with van der Waals surface area (Å²) in [6, 6.07) is 0.257. The van der Waals surface area contributed by atoms with Crippen LogP contribution < -0.4 is 11.0 Å². The number of aliphatic hydroxyl groups excluding tert-OH is 3. The Hall–Kier alpha value is -2.01. The molecule has 1 aliphatic carbocycles. The Morgan fingerprint density at radius 1 is 1.22 bits per heavy atom. The van der Waals surface area contributed by atoms with Crippen LogP contribution in [0.2, 0.25) is 0 Å². The summed E-state index contributed by atoms with van der Waals surface area (Å²) in [6.07, 6.45) is 3.82. The van der Waals surface area contributed by atoms with E-state index >= 15 is 0 Å². The Morgan fingerprint density at radius 2 is 1.96 bits per heavy atom. The number of imidazole rings is 1. The Kier molecular flexibility index (Phi) is 5.13. The van der Waals surface area contributed by atoms with Crippen molar-refractivity contribution in [3.05, 3.63) is 16.8 Å². The monoisotopic (exact) mass is 379 g/mol. The predicted octanol–water partition coefficient (Wildman–Crippen LogP) is -0.134. The van der Waals surface area contributed by atoms with Gasteiger partial charge in [-0.1, -0.05) is 25.7 Å². The van der Waals surface area contributed by atoms with Crippen LogP contribution in [0.4, 0.5) is 5.82 Å². The number of aromatic amines is 1. The Balaban J connectivity index is 1.67. The molecule has 0 bridgehead atoms. The fraction of sp³-hybridized carbons (Fsp3) is 0.706. The van der Waals surface area contributed by atoms with Crippen molar-refractivity contribution in [3.63, 3.8) is 0 Å². The molecular formula is C17H25N5O5. The Morgan fingerprint density at radius 3 is 2.63 bits per heavy atom. The number of nitrogens with one attached hydrogen (secondary N) is 2. The van der Waals surface area contributed by atoms with E-state index in [0.29, 0.717) is 11.3 Å². The molecule has 2 aliphatic rings. The summed E-state index contributed by atoms with van der Waals surface area (Å²) in [5, 5.41) is 32.9. The number of anilines is 1. The number of nitrogens with zero attached hydrogens (tertiary/aromatic N) is 3. The maximum atomic E-state index is 12.1. The van der Waals surface area contributed by atoms with Gasteiger partial charge in [0.15, 0.2) is 11.9 Å². The molecule has 3 heterocycles. The number of ether oxygens (including phenoxy) is 1. The quantitative estimate of drug-likeness (QED) is 0.462. The maximum Gasteiger partial charge on any atom is 0.348 e. The van der Waals surface area contributed by atoms with Gasteiger partial charge in [0.2, 0.25) is 0 Å². The van der Waals surface area contributed by atoms with E-state index in [1.54, 1.807) is 0 Å². The highest BCUT2D eigenvalue weighted by molar-refractivity contribution is 5.82. The Bertz CT molecular complexity index is 844. The van der Waals surface area contributed by atoms with Gasteiger partial charge >= 0.3 is 5.69 Å². The van der Waals surface area contributed by atoms with E-state index in [4.69, 9.17) is 4.74 Å². The molecule has 4 rings (SSSR count). The minimum Gasteiger partial charge on any atom is -0.394 e. The number of hydrogen-bond acceptors (Lipinski definition) is 8. The van der Waals surface area contributed by atoms with Gasteiger partial charge in [0.25, 0.3) is 0 Å². The molecule has 1 saturated heterocycles. The summed E-state index contributed by atoms with van der Waals surface area (Å²) < 4.78 is 6.96. The van der Waals surface area contributed by atoms with E-state index in [0.717, 1.165) is 25.7 Å². The minimum absolute atomic E-state index is 0.254. The van der Waals surface area contributed by atoms with Crippen molar-refractivity contribution in [2.24, 2.45) is 0 Å². The van der Waals surface area contributed by atoms with Crippen molar-refractivity contribution in [2.75, 3.05) is 11.9 Å². The normalized spacial score (nSPS) is 29.9. The van der Waals surface area contributed by atoms with Crippen molar-refractivity contribution in [3.8, 4) is 0 Å². The van der Waals surface area contributed by atoms with Crippen molar-refractivity contribution >= 4 is 17.0 Å². The van der Waals surface area contributed by atoms with Gasteiger partial charge in [-0.2, -0.15) is 4.98 Å². The van der Waals surface area contributed by atoms with E-state index in [-0.39, 0.29) is 11.7 Å². The summed E-state index contributed by atoms with van der Waals surface area (Å²) in [5.41, 5.74) is 0.188. The summed E-state index contributed by atoms with van der Waals surface area (Å²) in [5.74, 6) is 0.502. The number of rotatable bonds is 4. The van der Waals surface area contributed by atoms with E-state index < -0.39 is 36.8 Å². The summed E-state index contributed by atoms with van der Waals surface area (Å²) in [6.45, 7) is -0.427. The van der Waals surface area contributed by atoms with Crippen LogP contribution in [0, 0.1) is 0 Å². The number of aliphatic hydroxyl groups is 3. The molecule has 5 N–H and O–H groups in total. The molecule has 0 aromatic carbocycles. The van der Waals surface area contributed by atoms with Gasteiger partial charge in [-0.25, -0.2) is 9.78 Å². The summed E-state index contributed by atoms with van der Waals surface area (Å²) in [7, 11) is 0. The molecule has 10 nitrogen and oxygen atoms in total. The molecule has 0 unspecified atom stereocenters. The molecule has 148 valence electrons. The zero-order chi connectivity index (χ0) is 19.0. The molecule has 4 atom stereocenters. The molecule has 2 fully saturated rings. The highest BCUT2D eigenvalue weighted by atomic mass is 16.6. The van der Waals surface area contributed by atoms with E-state index in [9.17, 15) is 20.1 Å². The van der Waals surface area contributed by atoms with Crippen LogP contribution in [0.1, 0.15) is 44.8 Å². The van der Waals surface area contributed by atoms with Gasteiger partial charge in [-0.05, 0) is 12.8 Å². The molecule has 0 amide bonds.